The topological polar surface area (TPSA) is 22.1 Å². The van der Waals surface area contributed by atoms with Crippen LogP contribution in [-0.4, -0.2) is 17.3 Å². The number of aromatic nitrogens is 1. The summed E-state index contributed by atoms with van der Waals surface area (Å²) in [4.78, 5) is 4.64. The number of nitrogens with zero attached hydrogens (tertiary/aromatic N) is 1. The third-order valence-corrected chi connectivity index (χ3v) is 5.28. The molecular weight excluding hydrogens is 298 g/mol. The number of ether oxygens (including phenoxy) is 1. The predicted octanol–water partition coefficient (Wildman–Crippen LogP) is 5.00. The zero-order valence-corrected chi connectivity index (χ0v) is 13.3. The monoisotopic (exact) mass is 315 g/mol. The first-order valence-electron chi connectivity index (χ1n) is 7.02. The molecule has 2 nitrogen and oxygen atoms in total. The van der Waals surface area contributed by atoms with E-state index in [0.717, 1.165) is 35.8 Å². The van der Waals surface area contributed by atoms with Crippen molar-refractivity contribution in [2.45, 2.75) is 12.2 Å². The van der Waals surface area contributed by atoms with Crippen molar-refractivity contribution >= 4 is 33.3 Å². The lowest BCUT2D eigenvalue weighted by Gasteiger charge is -2.05. The maximum absolute atomic E-state index is 5.68. The Morgan fingerprint density at radius 2 is 1.81 bits per heavy atom. The van der Waals surface area contributed by atoms with E-state index >= 15 is 0 Å². The molecule has 0 fully saturated rings. The van der Waals surface area contributed by atoms with Gasteiger partial charge in [0.25, 0.3) is 0 Å². The fourth-order valence-corrected chi connectivity index (χ4v) is 3.96. The minimum atomic E-state index is 0.775. The minimum Gasteiger partial charge on any atom is -0.494 e. The second-order valence-corrected chi connectivity index (χ2v) is 6.86. The highest BCUT2D eigenvalue weighted by molar-refractivity contribution is 7.98. The molecule has 0 saturated heterocycles. The van der Waals surface area contributed by atoms with Crippen molar-refractivity contribution in [3.8, 4) is 5.75 Å². The number of rotatable bonds is 7. The first-order chi connectivity index (χ1) is 10.4. The molecule has 4 heteroatoms. The van der Waals surface area contributed by atoms with Crippen molar-refractivity contribution in [3.05, 3.63) is 59.6 Å². The molecule has 2 aromatic carbocycles. The van der Waals surface area contributed by atoms with Crippen molar-refractivity contribution in [3.63, 3.8) is 0 Å². The van der Waals surface area contributed by atoms with E-state index in [-0.39, 0.29) is 0 Å². The smallest absolute Gasteiger partial charge is 0.119 e. The molecule has 21 heavy (non-hydrogen) atoms. The zero-order valence-electron chi connectivity index (χ0n) is 11.7. The summed E-state index contributed by atoms with van der Waals surface area (Å²) in [5.41, 5.74) is 1.12. The van der Waals surface area contributed by atoms with Crippen LogP contribution in [0.1, 0.15) is 11.4 Å². The molecule has 0 N–H and O–H groups in total. The summed E-state index contributed by atoms with van der Waals surface area (Å²) in [5, 5.41) is 1.21. The average molecular weight is 315 g/mol. The third kappa shape index (κ3) is 4.22. The van der Waals surface area contributed by atoms with Crippen LogP contribution in [0.3, 0.4) is 0 Å². The number of hydrogen-bond acceptors (Lipinski definition) is 4. The number of thiazole rings is 1. The van der Waals surface area contributed by atoms with Gasteiger partial charge in [-0.25, -0.2) is 4.98 Å². The molecule has 0 saturated carbocycles. The van der Waals surface area contributed by atoms with Gasteiger partial charge in [0.05, 0.1) is 16.8 Å². The molecule has 1 heterocycles. The van der Waals surface area contributed by atoms with Gasteiger partial charge in [0.15, 0.2) is 0 Å². The highest BCUT2D eigenvalue weighted by atomic mass is 32.2. The highest BCUT2D eigenvalue weighted by Crippen LogP contribution is 2.24. The molecule has 3 rings (SSSR count). The molecule has 3 aromatic rings. The van der Waals surface area contributed by atoms with E-state index in [1.165, 1.54) is 9.71 Å². The Balaban J connectivity index is 1.36. The average Bonchev–Trinajstić information content (AvgIpc) is 2.94. The number of hydrogen-bond donors (Lipinski definition) is 0. The van der Waals surface area contributed by atoms with Crippen LogP contribution in [0.15, 0.2) is 54.6 Å². The van der Waals surface area contributed by atoms with Crippen molar-refractivity contribution in [1.29, 1.82) is 0 Å². The van der Waals surface area contributed by atoms with E-state index in [1.54, 1.807) is 11.3 Å². The maximum Gasteiger partial charge on any atom is 0.119 e. The van der Waals surface area contributed by atoms with Crippen LogP contribution in [0, 0.1) is 0 Å². The largest absolute Gasteiger partial charge is 0.494 e. The number of para-hydroxylation sites is 2. The molecule has 1 aromatic heterocycles. The van der Waals surface area contributed by atoms with Crippen molar-refractivity contribution in [2.24, 2.45) is 0 Å². The lowest BCUT2D eigenvalue weighted by molar-refractivity contribution is 0.318. The van der Waals surface area contributed by atoms with E-state index < -0.39 is 0 Å². The first-order valence-corrected chi connectivity index (χ1v) is 8.99. The first kappa shape index (κ1) is 14.4. The van der Waals surface area contributed by atoms with Crippen LogP contribution in [0.25, 0.3) is 10.2 Å². The van der Waals surface area contributed by atoms with Gasteiger partial charge in [0.2, 0.25) is 0 Å². The fraction of sp³-hybridized carbons (Fsp3) is 0.235. The van der Waals surface area contributed by atoms with E-state index in [4.69, 9.17) is 4.74 Å². The van der Waals surface area contributed by atoms with Gasteiger partial charge < -0.3 is 4.74 Å². The van der Waals surface area contributed by atoms with Crippen LogP contribution in [0.4, 0.5) is 0 Å². The van der Waals surface area contributed by atoms with E-state index in [0.29, 0.717) is 0 Å². The van der Waals surface area contributed by atoms with Gasteiger partial charge in [-0.1, -0.05) is 30.3 Å². The van der Waals surface area contributed by atoms with Crippen molar-refractivity contribution < 1.29 is 4.74 Å². The minimum absolute atomic E-state index is 0.775. The van der Waals surface area contributed by atoms with Gasteiger partial charge in [-0.3, -0.25) is 0 Å². The molecule has 0 unspecified atom stereocenters. The molecular formula is C17H17NOS2. The maximum atomic E-state index is 5.68. The Labute approximate surface area is 133 Å². The third-order valence-electron chi connectivity index (χ3n) is 3.01. The molecule has 0 bridgehead atoms. The summed E-state index contributed by atoms with van der Waals surface area (Å²) in [6, 6.07) is 18.3. The molecule has 0 atom stereocenters. The zero-order chi connectivity index (χ0) is 14.3. The Hall–Kier alpha value is -1.52. The Kier molecular flexibility index (Phi) is 5.13. The number of fused-ring (bicyclic) bond motifs is 1. The summed E-state index contributed by atoms with van der Waals surface area (Å²) < 4.78 is 6.96. The van der Waals surface area contributed by atoms with E-state index in [1.807, 2.05) is 48.2 Å². The van der Waals surface area contributed by atoms with Crippen LogP contribution < -0.4 is 4.74 Å². The summed E-state index contributed by atoms with van der Waals surface area (Å²) in [7, 11) is 0. The van der Waals surface area contributed by atoms with Gasteiger partial charge in [0.1, 0.15) is 10.8 Å². The quantitative estimate of drug-likeness (QED) is 0.573. The molecule has 108 valence electrons. The molecule has 0 aliphatic rings. The van der Waals surface area contributed by atoms with Crippen LogP contribution in [0.5, 0.6) is 5.75 Å². The van der Waals surface area contributed by atoms with Crippen molar-refractivity contribution in [1.82, 2.24) is 4.98 Å². The van der Waals surface area contributed by atoms with Gasteiger partial charge in [-0.2, -0.15) is 11.8 Å². The summed E-state index contributed by atoms with van der Waals surface area (Å²) in [5.74, 6) is 3.04. The van der Waals surface area contributed by atoms with Gasteiger partial charge in [0, 0.05) is 5.75 Å². The Morgan fingerprint density at radius 1 is 1.00 bits per heavy atom. The van der Waals surface area contributed by atoms with Crippen LogP contribution >= 0.6 is 23.1 Å². The van der Waals surface area contributed by atoms with Crippen LogP contribution in [0.2, 0.25) is 0 Å². The molecule has 0 radical (unpaired) electrons. The van der Waals surface area contributed by atoms with E-state index in [2.05, 4.69) is 23.2 Å². The van der Waals surface area contributed by atoms with Crippen molar-refractivity contribution in [2.75, 3.05) is 12.4 Å². The molecule has 0 aliphatic carbocycles. The second-order valence-electron chi connectivity index (χ2n) is 4.64. The lowest BCUT2D eigenvalue weighted by atomic mass is 10.3. The summed E-state index contributed by atoms with van der Waals surface area (Å²) in [6.07, 6.45) is 1.06. The molecule has 0 amide bonds. The van der Waals surface area contributed by atoms with Crippen LogP contribution in [-0.2, 0) is 5.75 Å². The van der Waals surface area contributed by atoms with E-state index in [9.17, 15) is 0 Å². The summed E-state index contributed by atoms with van der Waals surface area (Å²) in [6.45, 7) is 0.775. The molecule has 0 aliphatic heterocycles. The Bertz CT molecular complexity index is 648. The highest BCUT2D eigenvalue weighted by Gasteiger charge is 2.02. The summed E-state index contributed by atoms with van der Waals surface area (Å²) >= 11 is 3.72. The predicted molar refractivity (Wildman–Crippen MR) is 92.3 cm³/mol. The van der Waals surface area contributed by atoms with Gasteiger partial charge in [-0.15, -0.1) is 11.3 Å². The lowest BCUT2D eigenvalue weighted by Crippen LogP contribution is -1.98. The fourth-order valence-electron chi connectivity index (χ4n) is 2.01. The number of thioether (sulfide) groups is 1. The second kappa shape index (κ2) is 7.48. The van der Waals surface area contributed by atoms with Gasteiger partial charge >= 0.3 is 0 Å². The Morgan fingerprint density at radius 3 is 2.67 bits per heavy atom. The van der Waals surface area contributed by atoms with Gasteiger partial charge in [-0.05, 0) is 36.4 Å². The number of benzene rings is 2. The standard InChI is InChI=1S/C17H17NOS2/c1-2-7-14(8-3-1)19-11-6-12-20-13-17-18-15-9-4-5-10-16(15)21-17/h1-5,7-10H,6,11-13H2. The molecule has 0 spiro atoms. The SMILES string of the molecule is c1ccc(OCCCSCc2nc3ccccc3s2)cc1. The normalized spacial score (nSPS) is 10.9.